The third-order valence-electron chi connectivity index (χ3n) is 3.75. The molecule has 2 aromatic heterocycles. The number of nitrogens with zero attached hydrogens (tertiary/aromatic N) is 1. The zero-order valence-corrected chi connectivity index (χ0v) is 14.9. The minimum Gasteiger partial charge on any atom is -0.867 e. The van der Waals surface area contributed by atoms with Crippen molar-refractivity contribution >= 4 is 28.7 Å². The van der Waals surface area contributed by atoms with Gasteiger partial charge < -0.3 is 14.8 Å². The Morgan fingerprint density at radius 1 is 1.19 bits per heavy atom. The van der Waals surface area contributed by atoms with Gasteiger partial charge in [-0.25, -0.2) is 4.39 Å². The van der Waals surface area contributed by atoms with E-state index in [0.29, 0.717) is 23.6 Å². The molecule has 6 heteroatoms. The van der Waals surface area contributed by atoms with Crippen LogP contribution in [-0.4, -0.2) is 4.99 Å². The van der Waals surface area contributed by atoms with E-state index in [0.717, 1.165) is 5.56 Å². The molecule has 0 aliphatic rings. The molecule has 0 saturated heterocycles. The van der Waals surface area contributed by atoms with Crippen molar-refractivity contribution in [1.29, 1.82) is 0 Å². The lowest BCUT2D eigenvalue weighted by atomic mass is 10.1. The van der Waals surface area contributed by atoms with Gasteiger partial charge in [-0.2, -0.15) is 4.57 Å². The quantitative estimate of drug-likeness (QED) is 0.326. The van der Waals surface area contributed by atoms with E-state index in [1.54, 1.807) is 23.1 Å². The summed E-state index contributed by atoms with van der Waals surface area (Å²) < 4.78 is 20.2. The molecule has 0 unspecified atom stereocenters. The van der Waals surface area contributed by atoms with Crippen LogP contribution in [0.25, 0.3) is 11.5 Å². The first kappa shape index (κ1) is 17.8. The Labute approximate surface area is 156 Å². The summed E-state index contributed by atoms with van der Waals surface area (Å²) in [7, 11) is 0. The summed E-state index contributed by atoms with van der Waals surface area (Å²) in [6.07, 6.45) is 5.14. The highest BCUT2D eigenvalue weighted by molar-refractivity contribution is 7.81. The molecule has 3 aromatic rings. The second-order valence-electron chi connectivity index (χ2n) is 5.74. The number of hydrogen-bond donors (Lipinski definition) is 1. The molecule has 2 heterocycles. The fraction of sp³-hybridized carbons (Fsp3) is 0.100. The Balaban J connectivity index is 1.99. The van der Waals surface area contributed by atoms with E-state index in [-0.39, 0.29) is 10.7 Å². The zero-order valence-electron chi connectivity index (χ0n) is 14.1. The number of aryl methyl sites for hydroxylation is 1. The summed E-state index contributed by atoms with van der Waals surface area (Å²) in [5, 5.41) is 16.1. The Morgan fingerprint density at radius 3 is 2.62 bits per heavy atom. The lowest BCUT2D eigenvalue weighted by Gasteiger charge is -2.16. The third-order valence-corrected chi connectivity index (χ3v) is 4.08. The van der Waals surface area contributed by atoms with Gasteiger partial charge in [0.2, 0.25) is 5.70 Å². The van der Waals surface area contributed by atoms with E-state index in [9.17, 15) is 9.50 Å². The number of nitrogens with one attached hydrogen (secondary N) is 1. The van der Waals surface area contributed by atoms with Crippen LogP contribution < -0.4 is 15.0 Å². The zero-order chi connectivity index (χ0) is 18.5. The minimum absolute atomic E-state index is 0.284. The number of thiocarbonyl (C=S) groups is 1. The maximum atomic E-state index is 13.2. The minimum atomic E-state index is -0.398. The third kappa shape index (κ3) is 4.15. The summed E-state index contributed by atoms with van der Waals surface area (Å²) in [4.78, 5) is 0.284. The fourth-order valence-corrected chi connectivity index (χ4v) is 2.74. The highest BCUT2D eigenvalue weighted by Gasteiger charge is 2.19. The van der Waals surface area contributed by atoms with Gasteiger partial charge in [0.15, 0.2) is 17.4 Å². The molecule has 4 nitrogen and oxygen atoms in total. The van der Waals surface area contributed by atoms with Crippen molar-refractivity contribution in [2.75, 3.05) is 0 Å². The van der Waals surface area contributed by atoms with Gasteiger partial charge in [-0.1, -0.05) is 24.4 Å². The average molecular weight is 368 g/mol. The maximum Gasteiger partial charge on any atom is 0.237 e. The van der Waals surface area contributed by atoms with E-state index in [1.807, 2.05) is 31.3 Å². The molecule has 3 rings (SSSR count). The van der Waals surface area contributed by atoms with Crippen molar-refractivity contribution < 1.29 is 18.5 Å². The Morgan fingerprint density at radius 2 is 1.96 bits per heavy atom. The topological polar surface area (TPSA) is 52.1 Å². The second-order valence-corrected chi connectivity index (χ2v) is 6.14. The summed E-state index contributed by atoms with van der Waals surface area (Å²) in [5.41, 5.74) is 1.63. The van der Waals surface area contributed by atoms with Crippen LogP contribution in [0.3, 0.4) is 0 Å². The van der Waals surface area contributed by atoms with Crippen molar-refractivity contribution in [3.8, 4) is 0 Å². The van der Waals surface area contributed by atoms with E-state index in [1.165, 1.54) is 24.3 Å². The number of hydrogen-bond acceptors (Lipinski definition) is 3. The molecule has 0 fully saturated rings. The molecule has 0 aliphatic carbocycles. The largest absolute Gasteiger partial charge is 0.867 e. The Hall–Kier alpha value is -2.99. The SMILES string of the molecule is Cc1ccc[n+](/C(C(=S)NCc2ccco2)=C(/[O-])c2ccc(F)cc2)c1. The van der Waals surface area contributed by atoms with Crippen LogP contribution in [0.1, 0.15) is 16.9 Å². The van der Waals surface area contributed by atoms with Crippen molar-refractivity contribution in [1.82, 2.24) is 5.32 Å². The standard InChI is InChI=1S/C20H17FN2O2S/c1-14-4-2-10-23(13-14)18(19(24)15-6-8-16(21)9-7-15)20(26)22-12-17-5-3-11-25-17/h2-11,13H,12H2,1H3,(H-,22,24,26). The Kier molecular flexibility index (Phi) is 5.43. The predicted octanol–water partition coefficient (Wildman–Crippen LogP) is 2.82. The van der Waals surface area contributed by atoms with E-state index in [4.69, 9.17) is 16.6 Å². The monoisotopic (exact) mass is 368 g/mol. The van der Waals surface area contributed by atoms with Gasteiger partial charge in [-0.15, -0.1) is 0 Å². The van der Waals surface area contributed by atoms with Crippen LogP contribution in [0.5, 0.6) is 0 Å². The van der Waals surface area contributed by atoms with Crippen LogP contribution in [-0.2, 0) is 6.54 Å². The average Bonchev–Trinajstić information content (AvgIpc) is 3.14. The molecule has 0 aliphatic heterocycles. The smallest absolute Gasteiger partial charge is 0.237 e. The van der Waals surface area contributed by atoms with E-state index < -0.39 is 5.82 Å². The van der Waals surface area contributed by atoms with Crippen LogP contribution in [0.15, 0.2) is 71.6 Å². The molecular formula is C20H17FN2O2S. The lowest BCUT2D eigenvalue weighted by Crippen LogP contribution is -2.42. The number of pyridine rings is 1. The van der Waals surface area contributed by atoms with E-state index in [2.05, 4.69) is 5.32 Å². The summed E-state index contributed by atoms with van der Waals surface area (Å²) in [5.74, 6) is 0.0116. The molecule has 1 N–H and O–H groups in total. The number of halogens is 1. The van der Waals surface area contributed by atoms with E-state index >= 15 is 0 Å². The molecule has 0 bridgehead atoms. The van der Waals surface area contributed by atoms with Crippen LogP contribution in [0.2, 0.25) is 0 Å². The molecule has 132 valence electrons. The summed E-state index contributed by atoms with van der Waals surface area (Å²) >= 11 is 5.47. The number of furan rings is 1. The van der Waals surface area contributed by atoms with Gasteiger partial charge >= 0.3 is 0 Å². The molecule has 1 aromatic carbocycles. The molecular weight excluding hydrogens is 351 g/mol. The van der Waals surface area contributed by atoms with Gasteiger partial charge in [0.05, 0.1) is 12.8 Å². The predicted molar refractivity (Wildman–Crippen MR) is 99.0 cm³/mol. The first-order chi connectivity index (χ1) is 12.5. The van der Waals surface area contributed by atoms with Gasteiger partial charge in [-0.05, 0) is 48.6 Å². The molecule has 0 radical (unpaired) electrons. The van der Waals surface area contributed by atoms with Gasteiger partial charge in [0.25, 0.3) is 0 Å². The normalized spacial score (nSPS) is 11.8. The molecule has 26 heavy (non-hydrogen) atoms. The molecule has 0 spiro atoms. The maximum absolute atomic E-state index is 13.2. The van der Waals surface area contributed by atoms with Crippen molar-refractivity contribution in [2.24, 2.45) is 0 Å². The summed E-state index contributed by atoms with van der Waals surface area (Å²) in [6, 6.07) is 12.8. The summed E-state index contributed by atoms with van der Waals surface area (Å²) in [6.45, 7) is 2.29. The van der Waals surface area contributed by atoms with Crippen LogP contribution >= 0.6 is 12.2 Å². The van der Waals surface area contributed by atoms with Crippen LogP contribution in [0.4, 0.5) is 4.39 Å². The Bertz CT molecular complexity index is 935. The van der Waals surface area contributed by atoms with Crippen molar-refractivity contribution in [2.45, 2.75) is 13.5 Å². The highest BCUT2D eigenvalue weighted by Crippen LogP contribution is 2.15. The van der Waals surface area contributed by atoms with Crippen LogP contribution in [0, 0.1) is 12.7 Å². The number of benzene rings is 1. The lowest BCUT2D eigenvalue weighted by molar-refractivity contribution is -0.578. The fourth-order valence-electron chi connectivity index (χ4n) is 2.47. The number of aromatic nitrogens is 1. The number of rotatable bonds is 5. The highest BCUT2D eigenvalue weighted by atomic mass is 32.1. The molecule has 0 saturated carbocycles. The van der Waals surface area contributed by atoms with Gasteiger partial charge in [0, 0.05) is 11.6 Å². The van der Waals surface area contributed by atoms with Crippen molar-refractivity contribution in [3.63, 3.8) is 0 Å². The first-order valence-corrected chi connectivity index (χ1v) is 8.41. The second kappa shape index (κ2) is 7.93. The molecule has 0 amide bonds. The first-order valence-electron chi connectivity index (χ1n) is 8.00. The van der Waals surface area contributed by atoms with Gasteiger partial charge in [-0.3, -0.25) is 0 Å². The van der Waals surface area contributed by atoms with Crippen molar-refractivity contribution in [3.05, 3.63) is 89.9 Å². The molecule has 0 atom stereocenters. The van der Waals surface area contributed by atoms with Gasteiger partial charge in [0.1, 0.15) is 11.6 Å².